The number of carbonyl (C=O) groups is 1. The van der Waals surface area contributed by atoms with Crippen molar-refractivity contribution in [1.29, 1.82) is 0 Å². The summed E-state index contributed by atoms with van der Waals surface area (Å²) in [4.78, 5) is 11.0. The van der Waals surface area contributed by atoms with Gasteiger partial charge in [-0.05, 0) is 29.3 Å². The quantitative estimate of drug-likeness (QED) is 0.667. The van der Waals surface area contributed by atoms with E-state index in [9.17, 15) is 15.0 Å². The molecule has 2 atom stereocenters. The van der Waals surface area contributed by atoms with Gasteiger partial charge in [0, 0.05) is 5.92 Å². The summed E-state index contributed by atoms with van der Waals surface area (Å²) in [7, 11) is 0. The monoisotopic (exact) mass is 220 g/mol. The van der Waals surface area contributed by atoms with E-state index in [0.717, 1.165) is 5.56 Å². The van der Waals surface area contributed by atoms with Crippen molar-refractivity contribution in [2.75, 3.05) is 0 Å². The highest BCUT2D eigenvalue weighted by Gasteiger charge is 2.42. The average molecular weight is 220 g/mol. The number of carboxylic acids is 1. The molecule has 0 fully saturated rings. The lowest BCUT2D eigenvalue weighted by atomic mass is 9.77. The molecule has 1 aromatic rings. The summed E-state index contributed by atoms with van der Waals surface area (Å²) in [5.41, 5.74) is -0.423. The number of phenolic OH excluding ortho intramolecular Hbond substituents is 1. The van der Waals surface area contributed by atoms with Crippen molar-refractivity contribution in [3.63, 3.8) is 0 Å². The summed E-state index contributed by atoms with van der Waals surface area (Å²) >= 11 is 0. The highest BCUT2D eigenvalue weighted by molar-refractivity contribution is 5.85. The lowest BCUT2D eigenvalue weighted by Crippen LogP contribution is -2.43. The van der Waals surface area contributed by atoms with Crippen LogP contribution >= 0.6 is 0 Å². The maximum atomic E-state index is 11.0. The molecule has 0 aliphatic heterocycles. The van der Waals surface area contributed by atoms with Crippen molar-refractivity contribution in [1.82, 2.24) is 0 Å². The number of carboxylic acid groups (broad SMARTS) is 1. The van der Waals surface area contributed by atoms with Crippen molar-refractivity contribution in [3.8, 4) is 5.75 Å². The van der Waals surface area contributed by atoms with E-state index in [1.165, 1.54) is 18.2 Å². The second kappa shape index (κ2) is 3.35. The molecular weight excluding hydrogens is 208 g/mol. The second-order valence-corrected chi connectivity index (χ2v) is 4.00. The van der Waals surface area contributed by atoms with Crippen LogP contribution in [0.1, 0.15) is 24.0 Å². The first-order chi connectivity index (χ1) is 7.45. The van der Waals surface area contributed by atoms with Gasteiger partial charge in [0.15, 0.2) is 5.60 Å². The van der Waals surface area contributed by atoms with Crippen LogP contribution in [0.3, 0.4) is 0 Å². The minimum atomic E-state index is -1.87. The minimum absolute atomic E-state index is 0.122. The summed E-state index contributed by atoms with van der Waals surface area (Å²) in [6.45, 7) is 1.65. The van der Waals surface area contributed by atoms with Crippen LogP contribution in [0.2, 0.25) is 0 Å². The first kappa shape index (κ1) is 10.7. The molecule has 0 radical (unpaired) electrons. The van der Waals surface area contributed by atoms with Crippen LogP contribution < -0.4 is 0 Å². The molecule has 0 spiro atoms. The molecule has 84 valence electrons. The van der Waals surface area contributed by atoms with Crippen LogP contribution in [-0.4, -0.2) is 26.9 Å². The first-order valence-corrected chi connectivity index (χ1v) is 4.93. The smallest absolute Gasteiger partial charge is 0.340 e. The molecule has 1 aliphatic carbocycles. The summed E-state index contributed by atoms with van der Waals surface area (Å²) in [5.74, 6) is -1.70. The normalized spacial score (nSPS) is 27.5. The molecule has 1 aliphatic rings. The Balaban J connectivity index is 2.55. The topological polar surface area (TPSA) is 77.8 Å². The van der Waals surface area contributed by atoms with Gasteiger partial charge in [0.05, 0.1) is 0 Å². The molecule has 1 aromatic carbocycles. The summed E-state index contributed by atoms with van der Waals surface area (Å²) < 4.78 is 0. The number of rotatable bonds is 1. The zero-order chi connectivity index (χ0) is 11.9. The Bertz CT molecular complexity index is 478. The zero-order valence-corrected chi connectivity index (χ0v) is 8.71. The number of aliphatic carboxylic acids is 1. The van der Waals surface area contributed by atoms with Gasteiger partial charge >= 0.3 is 5.97 Å². The van der Waals surface area contributed by atoms with E-state index in [2.05, 4.69) is 0 Å². The molecule has 0 amide bonds. The van der Waals surface area contributed by atoms with Crippen LogP contribution in [0.25, 0.3) is 6.08 Å². The van der Waals surface area contributed by atoms with Gasteiger partial charge in [0.25, 0.3) is 0 Å². The van der Waals surface area contributed by atoms with Crippen LogP contribution in [0.4, 0.5) is 0 Å². The molecule has 16 heavy (non-hydrogen) atoms. The Hall–Kier alpha value is -1.81. The lowest BCUT2D eigenvalue weighted by Gasteiger charge is -2.31. The molecule has 0 bridgehead atoms. The number of benzene rings is 1. The van der Waals surface area contributed by atoms with Crippen molar-refractivity contribution < 1.29 is 20.1 Å². The number of hydrogen-bond acceptors (Lipinski definition) is 3. The maximum absolute atomic E-state index is 11.0. The number of phenols is 1. The van der Waals surface area contributed by atoms with Gasteiger partial charge in [0.2, 0.25) is 0 Å². The Morgan fingerprint density at radius 1 is 1.44 bits per heavy atom. The van der Waals surface area contributed by atoms with Crippen molar-refractivity contribution in [2.24, 2.45) is 0 Å². The Kier molecular flexibility index (Phi) is 2.24. The van der Waals surface area contributed by atoms with Gasteiger partial charge < -0.3 is 15.3 Å². The van der Waals surface area contributed by atoms with E-state index >= 15 is 0 Å². The van der Waals surface area contributed by atoms with Gasteiger partial charge in [-0.15, -0.1) is 0 Å². The molecule has 4 nitrogen and oxygen atoms in total. The third kappa shape index (κ3) is 1.39. The van der Waals surface area contributed by atoms with E-state index in [-0.39, 0.29) is 5.75 Å². The molecule has 2 unspecified atom stereocenters. The van der Waals surface area contributed by atoms with Gasteiger partial charge in [-0.1, -0.05) is 19.1 Å². The molecule has 0 saturated carbocycles. The highest BCUT2D eigenvalue weighted by Crippen LogP contribution is 2.38. The SMILES string of the molecule is CC1c2ccc(O)cc2C=CC1(O)C(=O)O. The third-order valence-corrected chi connectivity index (χ3v) is 3.06. The van der Waals surface area contributed by atoms with E-state index in [4.69, 9.17) is 5.11 Å². The van der Waals surface area contributed by atoms with Crippen molar-refractivity contribution in [3.05, 3.63) is 35.4 Å². The minimum Gasteiger partial charge on any atom is -0.508 e. The fourth-order valence-electron chi connectivity index (χ4n) is 1.96. The highest BCUT2D eigenvalue weighted by atomic mass is 16.4. The van der Waals surface area contributed by atoms with E-state index in [1.807, 2.05) is 0 Å². The predicted molar refractivity (Wildman–Crippen MR) is 58.1 cm³/mol. The fourth-order valence-corrected chi connectivity index (χ4v) is 1.96. The Morgan fingerprint density at radius 2 is 2.12 bits per heavy atom. The predicted octanol–water partition coefficient (Wildman–Crippen LogP) is 1.34. The van der Waals surface area contributed by atoms with Gasteiger partial charge in [0.1, 0.15) is 5.75 Å². The molecule has 0 heterocycles. The van der Waals surface area contributed by atoms with Crippen LogP contribution in [0.15, 0.2) is 24.3 Å². The summed E-state index contributed by atoms with van der Waals surface area (Å²) in [6.07, 6.45) is 2.77. The van der Waals surface area contributed by atoms with Crippen LogP contribution in [0, 0.1) is 0 Å². The van der Waals surface area contributed by atoms with E-state index in [1.54, 1.807) is 19.1 Å². The molecular formula is C12H12O4. The Labute approximate surface area is 92.5 Å². The molecule has 4 heteroatoms. The first-order valence-electron chi connectivity index (χ1n) is 4.93. The second-order valence-electron chi connectivity index (χ2n) is 4.00. The molecule has 2 rings (SSSR count). The largest absolute Gasteiger partial charge is 0.508 e. The lowest BCUT2D eigenvalue weighted by molar-refractivity contribution is -0.155. The number of fused-ring (bicyclic) bond motifs is 1. The van der Waals surface area contributed by atoms with Crippen LogP contribution in [-0.2, 0) is 4.79 Å². The average Bonchev–Trinajstić information content (AvgIpc) is 2.23. The van der Waals surface area contributed by atoms with Gasteiger partial charge in [-0.25, -0.2) is 4.79 Å². The number of aliphatic hydroxyl groups is 1. The fraction of sp³-hybridized carbons (Fsp3) is 0.250. The van der Waals surface area contributed by atoms with Crippen molar-refractivity contribution >= 4 is 12.0 Å². The molecule has 3 N–H and O–H groups in total. The van der Waals surface area contributed by atoms with Gasteiger partial charge in [-0.3, -0.25) is 0 Å². The third-order valence-electron chi connectivity index (χ3n) is 3.06. The summed E-state index contributed by atoms with van der Waals surface area (Å²) in [5, 5.41) is 28.3. The van der Waals surface area contributed by atoms with Crippen molar-refractivity contribution in [2.45, 2.75) is 18.4 Å². The van der Waals surface area contributed by atoms with Crippen LogP contribution in [0.5, 0.6) is 5.75 Å². The number of aromatic hydroxyl groups is 1. The summed E-state index contributed by atoms with van der Waals surface area (Å²) in [6, 6.07) is 4.66. The molecule has 0 aromatic heterocycles. The van der Waals surface area contributed by atoms with Gasteiger partial charge in [-0.2, -0.15) is 0 Å². The maximum Gasteiger partial charge on any atom is 0.340 e. The van der Waals surface area contributed by atoms with E-state index in [0.29, 0.717) is 5.56 Å². The standard InChI is InChI=1S/C12H12O4/c1-7-10-3-2-9(13)6-8(10)4-5-12(7,16)11(14)15/h2-7,13,16H,1H3,(H,14,15). The Morgan fingerprint density at radius 3 is 2.75 bits per heavy atom. The number of hydrogen-bond donors (Lipinski definition) is 3. The molecule has 0 saturated heterocycles. The van der Waals surface area contributed by atoms with E-state index < -0.39 is 17.5 Å². The zero-order valence-electron chi connectivity index (χ0n) is 8.71.